The lowest BCUT2D eigenvalue weighted by atomic mass is 9.91. The van der Waals surface area contributed by atoms with Gasteiger partial charge in [-0.1, -0.05) is 69.9 Å². The molecule has 3 aliphatic heterocycles. The SMILES string of the molecule is CCCCCC1(CCCCC)O[C@@H]2[C@@H](C=C(C(=O)N3CCC[C@@H]3C(=O)NCCO)C[C@H]2OC(=O)c2ccccc2C=CCO[C@H]2O[C@H](CO)[C@H](O)[C@H](O)[C@H]2O)O1. The van der Waals surface area contributed by atoms with E-state index in [-0.39, 0.29) is 43.6 Å². The van der Waals surface area contributed by atoms with E-state index in [1.165, 1.54) is 0 Å². The molecule has 6 N–H and O–H groups in total. The van der Waals surface area contributed by atoms with Crippen LogP contribution in [-0.4, -0.2) is 142 Å². The molecule has 0 bridgehead atoms. The second-order valence-electron chi connectivity index (χ2n) is 15.0. The summed E-state index contributed by atoms with van der Waals surface area (Å²) in [6.45, 7) is 3.85. The smallest absolute Gasteiger partial charge is 0.339 e. The minimum Gasteiger partial charge on any atom is -0.456 e. The number of aliphatic hydroxyl groups excluding tert-OH is 5. The number of carbonyl (C=O) groups is 3. The first-order valence-corrected chi connectivity index (χ1v) is 20.2. The molecule has 0 aromatic heterocycles. The van der Waals surface area contributed by atoms with Crippen LogP contribution in [0.3, 0.4) is 0 Å². The van der Waals surface area contributed by atoms with Gasteiger partial charge in [0.05, 0.1) is 25.4 Å². The number of fused-ring (bicyclic) bond motifs is 1. The summed E-state index contributed by atoms with van der Waals surface area (Å²) < 4.78 is 30.8. The molecule has 0 radical (unpaired) electrons. The van der Waals surface area contributed by atoms with Crippen molar-refractivity contribution in [1.82, 2.24) is 10.2 Å². The number of benzene rings is 1. The van der Waals surface area contributed by atoms with Crippen LogP contribution in [0.5, 0.6) is 0 Å². The fourth-order valence-corrected chi connectivity index (χ4v) is 7.91. The Balaban J connectivity index is 1.35. The molecular formula is C41H60N2O13. The van der Waals surface area contributed by atoms with Crippen LogP contribution in [0.15, 0.2) is 42.0 Å². The molecule has 15 nitrogen and oxygen atoms in total. The number of carbonyl (C=O) groups excluding carboxylic acids is 3. The molecule has 4 aliphatic rings. The quantitative estimate of drug-likeness (QED) is 0.0877. The van der Waals surface area contributed by atoms with E-state index in [1.54, 1.807) is 47.4 Å². The average Bonchev–Trinajstić information content (AvgIpc) is 3.84. The number of amides is 2. The van der Waals surface area contributed by atoms with Crippen molar-refractivity contribution in [3.63, 3.8) is 0 Å². The molecule has 1 aromatic carbocycles. The van der Waals surface area contributed by atoms with Gasteiger partial charge in [-0.25, -0.2) is 4.79 Å². The van der Waals surface area contributed by atoms with Crippen LogP contribution in [0.25, 0.3) is 6.08 Å². The molecule has 56 heavy (non-hydrogen) atoms. The zero-order valence-electron chi connectivity index (χ0n) is 32.5. The molecule has 312 valence electrons. The van der Waals surface area contributed by atoms with Crippen molar-refractivity contribution in [3.05, 3.63) is 53.1 Å². The number of unbranched alkanes of at least 4 members (excludes halogenated alkanes) is 4. The summed E-state index contributed by atoms with van der Waals surface area (Å²) in [6.07, 6.45) is 4.09. The summed E-state index contributed by atoms with van der Waals surface area (Å²) in [6, 6.07) is 6.11. The molecule has 0 saturated carbocycles. The van der Waals surface area contributed by atoms with Crippen molar-refractivity contribution >= 4 is 23.9 Å². The largest absolute Gasteiger partial charge is 0.456 e. The summed E-state index contributed by atoms with van der Waals surface area (Å²) in [7, 11) is 0. The summed E-state index contributed by atoms with van der Waals surface area (Å²) in [4.78, 5) is 42.7. The Morgan fingerprint density at radius 3 is 2.41 bits per heavy atom. The van der Waals surface area contributed by atoms with Crippen molar-refractivity contribution in [3.8, 4) is 0 Å². The topological polar surface area (TPSA) is 214 Å². The molecule has 9 atom stereocenters. The second kappa shape index (κ2) is 21.0. The van der Waals surface area contributed by atoms with Crippen molar-refractivity contribution in [2.75, 3.05) is 32.9 Å². The maximum absolute atomic E-state index is 14.2. The van der Waals surface area contributed by atoms with Gasteiger partial charge in [0, 0.05) is 37.9 Å². The fraction of sp³-hybridized carbons (Fsp3) is 0.683. The zero-order chi connectivity index (χ0) is 40.2. The predicted octanol–water partition coefficient (Wildman–Crippen LogP) is 2.11. The maximum Gasteiger partial charge on any atom is 0.339 e. The highest BCUT2D eigenvalue weighted by Crippen LogP contribution is 2.44. The monoisotopic (exact) mass is 788 g/mol. The maximum atomic E-state index is 14.2. The Morgan fingerprint density at radius 2 is 1.71 bits per heavy atom. The van der Waals surface area contributed by atoms with E-state index in [1.807, 2.05) is 0 Å². The van der Waals surface area contributed by atoms with E-state index in [9.17, 15) is 39.9 Å². The first kappa shape index (κ1) is 43.9. The van der Waals surface area contributed by atoms with Gasteiger partial charge in [0.2, 0.25) is 11.8 Å². The summed E-state index contributed by atoms with van der Waals surface area (Å²) in [5.74, 6) is -2.19. The number of likely N-dealkylation sites (tertiary alicyclic amines) is 1. The summed E-state index contributed by atoms with van der Waals surface area (Å²) in [5, 5.41) is 51.8. The van der Waals surface area contributed by atoms with Gasteiger partial charge in [0.1, 0.15) is 48.8 Å². The molecule has 3 fully saturated rings. The molecular weight excluding hydrogens is 728 g/mol. The van der Waals surface area contributed by atoms with E-state index in [2.05, 4.69) is 19.2 Å². The third-order valence-corrected chi connectivity index (χ3v) is 10.9. The van der Waals surface area contributed by atoms with Crippen molar-refractivity contribution < 1.29 is 63.6 Å². The molecule has 3 saturated heterocycles. The van der Waals surface area contributed by atoms with Crippen LogP contribution in [0, 0.1) is 0 Å². The van der Waals surface area contributed by atoms with Crippen LogP contribution in [0.2, 0.25) is 0 Å². The lowest BCUT2D eigenvalue weighted by Gasteiger charge is -2.39. The highest BCUT2D eigenvalue weighted by atomic mass is 16.8. The normalized spacial score (nSPS) is 29.9. The summed E-state index contributed by atoms with van der Waals surface area (Å²) in [5.41, 5.74) is 1.12. The molecule has 15 heteroatoms. The standard InChI is InChI=1S/C41H60N2O13/c1-3-5-9-17-41(18-10-6-4-2)55-31-24-27(38(50)43-20-11-16-29(43)37(49)42-19-21-44)23-30(36(31)56-41)53-39(51)28-15-8-7-13-26(28)14-12-22-52-40-35(48)34(47)33(46)32(25-45)54-40/h7-8,12-15,24,29-36,40,44-48H,3-6,9-11,16-23,25H2,1-2H3,(H,42,49)/t29-,30-,31-,32-,33+,34+,35-,36+,40+/m1/s1. The molecule has 1 aliphatic carbocycles. The minimum absolute atomic E-state index is 0.0571. The predicted molar refractivity (Wildman–Crippen MR) is 203 cm³/mol. The highest BCUT2D eigenvalue weighted by Gasteiger charge is 2.53. The third kappa shape index (κ3) is 10.6. The number of hydrogen-bond acceptors (Lipinski definition) is 13. The fourth-order valence-electron chi connectivity index (χ4n) is 7.91. The lowest BCUT2D eigenvalue weighted by molar-refractivity contribution is -0.298. The number of hydrogen-bond donors (Lipinski definition) is 6. The highest BCUT2D eigenvalue weighted by molar-refractivity contribution is 5.98. The number of nitrogens with one attached hydrogen (secondary N) is 1. The van der Waals surface area contributed by atoms with Crippen LogP contribution in [0.4, 0.5) is 0 Å². The van der Waals surface area contributed by atoms with E-state index < -0.39 is 73.4 Å². The Hall–Kier alpha value is -3.25. The first-order valence-electron chi connectivity index (χ1n) is 20.2. The van der Waals surface area contributed by atoms with Crippen LogP contribution >= 0.6 is 0 Å². The van der Waals surface area contributed by atoms with Gasteiger partial charge in [-0.2, -0.15) is 0 Å². The van der Waals surface area contributed by atoms with E-state index >= 15 is 0 Å². The van der Waals surface area contributed by atoms with Gasteiger partial charge in [0.25, 0.3) is 0 Å². The van der Waals surface area contributed by atoms with E-state index in [0.717, 1.165) is 38.5 Å². The number of rotatable bonds is 19. The van der Waals surface area contributed by atoms with E-state index in [0.29, 0.717) is 43.4 Å². The molecule has 1 aromatic rings. The molecule has 2 amide bonds. The van der Waals surface area contributed by atoms with Gasteiger partial charge in [-0.05, 0) is 43.4 Å². The average molecular weight is 789 g/mol. The van der Waals surface area contributed by atoms with Crippen LogP contribution < -0.4 is 5.32 Å². The lowest BCUT2D eigenvalue weighted by Crippen LogP contribution is -2.59. The van der Waals surface area contributed by atoms with Gasteiger partial charge < -0.3 is 59.4 Å². The molecule has 3 heterocycles. The third-order valence-electron chi connectivity index (χ3n) is 10.9. The van der Waals surface area contributed by atoms with E-state index in [4.69, 9.17) is 23.7 Å². The van der Waals surface area contributed by atoms with Crippen molar-refractivity contribution in [2.45, 2.75) is 145 Å². The molecule has 5 rings (SSSR count). The van der Waals surface area contributed by atoms with Crippen molar-refractivity contribution in [2.24, 2.45) is 0 Å². The zero-order valence-corrected chi connectivity index (χ0v) is 32.5. The number of ether oxygens (including phenoxy) is 5. The van der Waals surface area contributed by atoms with Crippen molar-refractivity contribution in [1.29, 1.82) is 0 Å². The Bertz CT molecular complexity index is 1510. The van der Waals surface area contributed by atoms with Gasteiger partial charge in [-0.3, -0.25) is 9.59 Å². The van der Waals surface area contributed by atoms with Crippen LogP contribution in [0.1, 0.15) is 100 Å². The first-order chi connectivity index (χ1) is 27.1. The number of nitrogens with zero attached hydrogens (tertiary/aromatic N) is 1. The molecule has 0 spiro atoms. The van der Waals surface area contributed by atoms with Gasteiger partial charge in [0.15, 0.2) is 12.1 Å². The van der Waals surface area contributed by atoms with Crippen LogP contribution in [-0.2, 0) is 33.3 Å². The van der Waals surface area contributed by atoms with Gasteiger partial charge in [-0.15, -0.1) is 0 Å². The minimum atomic E-state index is -1.57. The number of esters is 1. The molecule has 0 unspecified atom stereocenters. The Kier molecular flexibility index (Phi) is 16.4. The number of aliphatic hydroxyl groups is 5. The Labute approximate surface area is 328 Å². The Morgan fingerprint density at radius 1 is 0.982 bits per heavy atom. The van der Waals surface area contributed by atoms with Gasteiger partial charge >= 0.3 is 5.97 Å². The summed E-state index contributed by atoms with van der Waals surface area (Å²) >= 11 is 0. The second-order valence-corrected chi connectivity index (χ2v) is 15.0.